The van der Waals surface area contributed by atoms with Crippen LogP contribution in [0.15, 0.2) is 41.5 Å². The number of urea groups is 1. The predicted octanol–water partition coefficient (Wildman–Crippen LogP) is 2.39. The van der Waals surface area contributed by atoms with Crippen LogP contribution < -0.4 is 10.6 Å². The minimum atomic E-state index is -0.152. The third kappa shape index (κ3) is 5.09. The monoisotopic (exact) mass is 345 g/mol. The Kier molecular flexibility index (Phi) is 6.11. The third-order valence-corrected chi connectivity index (χ3v) is 4.58. The van der Waals surface area contributed by atoms with Gasteiger partial charge in [0.05, 0.1) is 18.6 Å². The lowest BCUT2D eigenvalue weighted by molar-refractivity contribution is 0.143. The number of aromatic nitrogens is 2. The van der Waals surface area contributed by atoms with Crippen LogP contribution in [0.5, 0.6) is 0 Å². The molecule has 1 saturated heterocycles. The summed E-state index contributed by atoms with van der Waals surface area (Å²) < 4.78 is 7.56. The van der Waals surface area contributed by atoms with Crippen LogP contribution in [-0.4, -0.2) is 46.2 Å². The van der Waals surface area contributed by atoms with Crippen molar-refractivity contribution in [1.29, 1.82) is 0 Å². The number of hydrogen-bond donors (Lipinski definition) is 2. The molecule has 0 aliphatic carbocycles. The zero-order valence-electron chi connectivity index (χ0n) is 14.7. The molecule has 0 radical (unpaired) electrons. The minimum Gasteiger partial charge on any atom is -0.468 e. The molecule has 2 atom stereocenters. The fraction of sp³-hybridized carbons (Fsp3) is 0.556. The highest BCUT2D eigenvalue weighted by Gasteiger charge is 2.25. The van der Waals surface area contributed by atoms with Gasteiger partial charge in [-0.15, -0.1) is 0 Å². The van der Waals surface area contributed by atoms with E-state index in [4.69, 9.17) is 4.42 Å². The lowest BCUT2D eigenvalue weighted by atomic mass is 10.1. The fourth-order valence-corrected chi connectivity index (χ4v) is 3.34. The normalized spacial score (nSPS) is 17.8. The van der Waals surface area contributed by atoms with E-state index in [2.05, 4.69) is 20.5 Å². The van der Waals surface area contributed by atoms with Gasteiger partial charge in [0, 0.05) is 31.5 Å². The van der Waals surface area contributed by atoms with Crippen molar-refractivity contribution in [3.05, 3.63) is 42.9 Å². The SMILES string of the molecule is C[C@@H](Cn1ccnc1)NC(=O)NC[C@@H](c1ccco1)N1CCCCC1. The number of rotatable bonds is 7. The van der Waals surface area contributed by atoms with Crippen LogP contribution in [0, 0.1) is 0 Å². The van der Waals surface area contributed by atoms with Gasteiger partial charge in [-0.1, -0.05) is 6.42 Å². The maximum absolute atomic E-state index is 12.2. The predicted molar refractivity (Wildman–Crippen MR) is 95.1 cm³/mol. The first-order valence-electron chi connectivity index (χ1n) is 9.00. The number of nitrogens with zero attached hydrogens (tertiary/aromatic N) is 3. The molecule has 0 saturated carbocycles. The standard InChI is InChI=1S/C18H27N5O2/c1-15(13-22-10-7-19-14-22)21-18(24)20-12-16(17-6-5-11-25-17)23-8-3-2-4-9-23/h5-7,10-11,14-16H,2-4,8-9,12-13H2,1H3,(H2,20,21,24)/t15-,16-/m0/s1. The van der Waals surface area contributed by atoms with Crippen LogP contribution in [0.4, 0.5) is 4.79 Å². The third-order valence-electron chi connectivity index (χ3n) is 4.58. The molecule has 0 spiro atoms. The molecular weight excluding hydrogens is 318 g/mol. The summed E-state index contributed by atoms with van der Waals surface area (Å²) in [5.41, 5.74) is 0. The number of likely N-dealkylation sites (tertiary alicyclic amines) is 1. The molecular formula is C18H27N5O2. The largest absolute Gasteiger partial charge is 0.468 e. The van der Waals surface area contributed by atoms with Crippen LogP contribution in [0.2, 0.25) is 0 Å². The highest BCUT2D eigenvalue weighted by Crippen LogP contribution is 2.24. The summed E-state index contributed by atoms with van der Waals surface area (Å²) in [6, 6.07) is 3.84. The van der Waals surface area contributed by atoms with E-state index in [9.17, 15) is 4.79 Å². The highest BCUT2D eigenvalue weighted by atomic mass is 16.3. The second kappa shape index (κ2) is 8.71. The summed E-state index contributed by atoms with van der Waals surface area (Å²) in [7, 11) is 0. The molecule has 136 valence electrons. The Morgan fingerprint density at radius 2 is 2.20 bits per heavy atom. The number of furan rings is 1. The molecule has 0 unspecified atom stereocenters. The fourth-order valence-electron chi connectivity index (χ4n) is 3.34. The van der Waals surface area contributed by atoms with Gasteiger partial charge in [-0.05, 0) is 45.0 Å². The van der Waals surface area contributed by atoms with E-state index in [1.165, 1.54) is 19.3 Å². The summed E-state index contributed by atoms with van der Waals surface area (Å²) in [4.78, 5) is 18.7. The molecule has 7 nitrogen and oxygen atoms in total. The number of nitrogens with one attached hydrogen (secondary N) is 2. The maximum atomic E-state index is 12.2. The number of piperidine rings is 1. The zero-order chi connectivity index (χ0) is 17.5. The summed E-state index contributed by atoms with van der Waals surface area (Å²) in [6.45, 7) is 5.31. The molecule has 1 aliphatic rings. The first-order valence-corrected chi connectivity index (χ1v) is 9.00. The van der Waals surface area contributed by atoms with E-state index in [0.29, 0.717) is 13.1 Å². The van der Waals surface area contributed by atoms with E-state index in [1.54, 1.807) is 18.8 Å². The lowest BCUT2D eigenvalue weighted by Crippen LogP contribution is -2.46. The van der Waals surface area contributed by atoms with Crippen molar-refractivity contribution in [3.8, 4) is 0 Å². The molecule has 1 aliphatic heterocycles. The van der Waals surface area contributed by atoms with Gasteiger partial charge in [0.15, 0.2) is 0 Å². The Bertz CT molecular complexity index is 620. The lowest BCUT2D eigenvalue weighted by Gasteiger charge is -2.33. The molecule has 2 N–H and O–H groups in total. The molecule has 25 heavy (non-hydrogen) atoms. The first kappa shape index (κ1) is 17.5. The van der Waals surface area contributed by atoms with E-state index in [1.807, 2.05) is 29.8 Å². The van der Waals surface area contributed by atoms with Crippen molar-refractivity contribution in [2.24, 2.45) is 0 Å². The molecule has 1 fully saturated rings. The van der Waals surface area contributed by atoms with Gasteiger partial charge in [0.1, 0.15) is 5.76 Å². The second-order valence-corrected chi connectivity index (χ2v) is 6.64. The van der Waals surface area contributed by atoms with Gasteiger partial charge in [-0.2, -0.15) is 0 Å². The molecule has 0 aromatic carbocycles. The van der Waals surface area contributed by atoms with Crippen LogP contribution in [-0.2, 0) is 6.54 Å². The van der Waals surface area contributed by atoms with E-state index >= 15 is 0 Å². The maximum Gasteiger partial charge on any atom is 0.315 e. The van der Waals surface area contributed by atoms with Gasteiger partial charge in [-0.3, -0.25) is 4.90 Å². The van der Waals surface area contributed by atoms with E-state index < -0.39 is 0 Å². The summed E-state index contributed by atoms with van der Waals surface area (Å²) in [5, 5.41) is 5.98. The minimum absolute atomic E-state index is 0.0197. The van der Waals surface area contributed by atoms with Crippen molar-refractivity contribution in [2.45, 2.75) is 44.8 Å². The van der Waals surface area contributed by atoms with Gasteiger partial charge in [0.2, 0.25) is 0 Å². The van der Waals surface area contributed by atoms with Gasteiger partial charge in [0.25, 0.3) is 0 Å². The van der Waals surface area contributed by atoms with E-state index in [-0.39, 0.29) is 18.1 Å². The average molecular weight is 345 g/mol. The van der Waals surface area contributed by atoms with Gasteiger partial charge < -0.3 is 19.6 Å². The van der Waals surface area contributed by atoms with Crippen LogP contribution in [0.25, 0.3) is 0 Å². The smallest absolute Gasteiger partial charge is 0.315 e. The quantitative estimate of drug-likeness (QED) is 0.808. The molecule has 2 aromatic heterocycles. The van der Waals surface area contributed by atoms with Crippen molar-refractivity contribution in [1.82, 2.24) is 25.1 Å². The topological polar surface area (TPSA) is 75.3 Å². The molecule has 3 rings (SSSR count). The Morgan fingerprint density at radius 1 is 1.36 bits per heavy atom. The summed E-state index contributed by atoms with van der Waals surface area (Å²) in [6.07, 6.45) is 10.7. The molecule has 2 amide bonds. The van der Waals surface area contributed by atoms with Gasteiger partial charge in [-0.25, -0.2) is 9.78 Å². The van der Waals surface area contributed by atoms with Crippen LogP contribution in [0.3, 0.4) is 0 Å². The Hall–Kier alpha value is -2.28. The zero-order valence-corrected chi connectivity index (χ0v) is 14.7. The van der Waals surface area contributed by atoms with Crippen LogP contribution in [0.1, 0.15) is 38.0 Å². The molecule has 2 aromatic rings. The number of carbonyl (C=O) groups excluding carboxylic acids is 1. The Morgan fingerprint density at radius 3 is 2.88 bits per heavy atom. The number of carbonyl (C=O) groups is 1. The van der Waals surface area contributed by atoms with Gasteiger partial charge >= 0.3 is 6.03 Å². The van der Waals surface area contributed by atoms with Crippen molar-refractivity contribution >= 4 is 6.03 Å². The Labute approximate surface area is 148 Å². The van der Waals surface area contributed by atoms with Crippen molar-refractivity contribution < 1.29 is 9.21 Å². The molecule has 7 heteroatoms. The first-order chi connectivity index (χ1) is 12.2. The summed E-state index contributed by atoms with van der Waals surface area (Å²) >= 11 is 0. The number of hydrogen-bond acceptors (Lipinski definition) is 4. The summed E-state index contributed by atoms with van der Waals surface area (Å²) in [5.74, 6) is 0.911. The van der Waals surface area contributed by atoms with E-state index in [0.717, 1.165) is 18.8 Å². The molecule has 0 bridgehead atoms. The molecule has 3 heterocycles. The number of amides is 2. The van der Waals surface area contributed by atoms with Crippen LogP contribution >= 0.6 is 0 Å². The highest BCUT2D eigenvalue weighted by molar-refractivity contribution is 5.74. The second-order valence-electron chi connectivity index (χ2n) is 6.64. The Balaban J connectivity index is 1.50. The van der Waals surface area contributed by atoms with Crippen molar-refractivity contribution in [3.63, 3.8) is 0 Å². The average Bonchev–Trinajstić information content (AvgIpc) is 3.30. The number of imidazole rings is 1. The van der Waals surface area contributed by atoms with Crippen molar-refractivity contribution in [2.75, 3.05) is 19.6 Å².